The summed E-state index contributed by atoms with van der Waals surface area (Å²) in [6.07, 6.45) is 0. The molecule has 0 aliphatic heterocycles. The minimum absolute atomic E-state index is 0.0383. The molecule has 112 valence electrons. The van der Waals surface area contributed by atoms with Gasteiger partial charge in [-0.3, -0.25) is 9.59 Å². The van der Waals surface area contributed by atoms with Crippen LogP contribution >= 0.6 is 0 Å². The summed E-state index contributed by atoms with van der Waals surface area (Å²) >= 11 is 0. The second-order valence-corrected chi connectivity index (χ2v) is 5.88. The first kappa shape index (κ1) is 15.1. The molecule has 5 heteroatoms. The Labute approximate surface area is 122 Å². The highest BCUT2D eigenvalue weighted by Gasteiger charge is 2.28. The molecule has 0 atom stereocenters. The van der Waals surface area contributed by atoms with Gasteiger partial charge < -0.3 is 14.8 Å². The molecule has 0 unspecified atom stereocenters. The molecule has 0 radical (unpaired) electrons. The van der Waals surface area contributed by atoms with Crippen molar-refractivity contribution in [3.63, 3.8) is 0 Å². The zero-order valence-electron chi connectivity index (χ0n) is 12.6. The van der Waals surface area contributed by atoms with Crippen LogP contribution in [0.2, 0.25) is 0 Å². The number of benzene rings is 1. The average Bonchev–Trinajstić information content (AvgIpc) is 2.75. The fourth-order valence-electron chi connectivity index (χ4n) is 2.06. The average molecular weight is 289 g/mol. The van der Waals surface area contributed by atoms with Gasteiger partial charge in [-0.2, -0.15) is 0 Å². The fraction of sp³-hybridized carbons (Fsp3) is 0.375. The Bertz CT molecular complexity index is 712. The number of para-hydroxylation sites is 1. The van der Waals surface area contributed by atoms with Gasteiger partial charge >= 0.3 is 5.97 Å². The number of hydrogen-bond donors (Lipinski definition) is 2. The molecule has 2 rings (SSSR count). The number of hydrogen-bond acceptors (Lipinski definition) is 3. The number of nitrogens with one attached hydrogen (secondary N) is 1. The van der Waals surface area contributed by atoms with Crippen molar-refractivity contribution in [3.05, 3.63) is 35.1 Å². The molecule has 2 N–H and O–H groups in total. The van der Waals surface area contributed by atoms with Gasteiger partial charge in [0.15, 0.2) is 5.76 Å². The molecule has 1 aromatic carbocycles. The van der Waals surface area contributed by atoms with Crippen LogP contribution in [0.1, 0.15) is 35.5 Å². The first-order chi connectivity index (χ1) is 9.74. The van der Waals surface area contributed by atoms with Gasteiger partial charge in [0.25, 0.3) is 5.91 Å². The maximum Gasteiger partial charge on any atom is 0.310 e. The maximum atomic E-state index is 12.2. The Morgan fingerprint density at radius 1 is 1.29 bits per heavy atom. The van der Waals surface area contributed by atoms with E-state index in [2.05, 4.69) is 5.32 Å². The van der Waals surface area contributed by atoms with Crippen molar-refractivity contribution in [3.8, 4) is 0 Å². The van der Waals surface area contributed by atoms with Crippen molar-refractivity contribution in [1.82, 2.24) is 5.32 Å². The van der Waals surface area contributed by atoms with Crippen LogP contribution < -0.4 is 5.32 Å². The number of carbonyl (C=O) groups excluding carboxylic acids is 1. The van der Waals surface area contributed by atoms with Gasteiger partial charge in [-0.1, -0.05) is 18.2 Å². The second kappa shape index (κ2) is 5.24. The van der Waals surface area contributed by atoms with E-state index in [1.54, 1.807) is 13.8 Å². The number of carbonyl (C=O) groups is 2. The molecule has 0 saturated heterocycles. The Morgan fingerprint density at radius 2 is 1.95 bits per heavy atom. The standard InChI is InChI=1S/C16H19NO4/c1-9-6-5-7-11-10(2)13(21-12(9)11)14(18)17-8-16(3,4)15(19)20/h5-7H,8H2,1-4H3,(H,17,18)(H,19,20). The summed E-state index contributed by atoms with van der Waals surface area (Å²) in [7, 11) is 0. The highest BCUT2D eigenvalue weighted by atomic mass is 16.4. The molecule has 1 aromatic heterocycles. The van der Waals surface area contributed by atoms with Crippen LogP contribution in [0.5, 0.6) is 0 Å². The minimum atomic E-state index is -1.02. The van der Waals surface area contributed by atoms with Gasteiger partial charge in [-0.05, 0) is 33.3 Å². The number of furan rings is 1. The Kier molecular flexibility index (Phi) is 3.77. The monoisotopic (exact) mass is 289 g/mol. The van der Waals surface area contributed by atoms with Gasteiger partial charge in [0.1, 0.15) is 5.58 Å². The topological polar surface area (TPSA) is 79.5 Å². The Balaban J connectivity index is 2.27. The van der Waals surface area contributed by atoms with Crippen LogP contribution in [-0.4, -0.2) is 23.5 Å². The summed E-state index contributed by atoms with van der Waals surface area (Å²) in [5.74, 6) is -1.11. The van der Waals surface area contributed by atoms with Crippen LogP contribution in [0.4, 0.5) is 0 Å². The SMILES string of the molecule is Cc1c(C(=O)NCC(C)(C)C(=O)O)oc2c(C)cccc12. The third-order valence-corrected chi connectivity index (χ3v) is 3.64. The molecule has 0 saturated carbocycles. The van der Waals surface area contributed by atoms with Crippen molar-refractivity contribution in [2.24, 2.45) is 5.41 Å². The molecule has 0 aliphatic rings. The van der Waals surface area contributed by atoms with E-state index in [9.17, 15) is 9.59 Å². The number of aliphatic carboxylic acids is 1. The van der Waals surface area contributed by atoms with E-state index in [0.717, 1.165) is 16.5 Å². The Hall–Kier alpha value is -2.30. The summed E-state index contributed by atoms with van der Waals surface area (Å²) < 4.78 is 5.66. The van der Waals surface area contributed by atoms with Crippen LogP contribution in [0.25, 0.3) is 11.0 Å². The molecule has 5 nitrogen and oxygen atoms in total. The fourth-order valence-corrected chi connectivity index (χ4v) is 2.06. The van der Waals surface area contributed by atoms with E-state index in [4.69, 9.17) is 9.52 Å². The van der Waals surface area contributed by atoms with E-state index in [1.165, 1.54) is 0 Å². The maximum absolute atomic E-state index is 12.2. The molecule has 2 aromatic rings. The van der Waals surface area contributed by atoms with Crippen molar-refractivity contribution in [2.45, 2.75) is 27.7 Å². The molecule has 1 heterocycles. The zero-order chi connectivity index (χ0) is 15.8. The van der Waals surface area contributed by atoms with E-state index in [-0.39, 0.29) is 12.3 Å². The lowest BCUT2D eigenvalue weighted by atomic mass is 9.94. The summed E-state index contributed by atoms with van der Waals surface area (Å²) in [5.41, 5.74) is 1.39. The lowest BCUT2D eigenvalue weighted by molar-refractivity contribution is -0.146. The van der Waals surface area contributed by atoms with Gasteiger partial charge in [0.2, 0.25) is 0 Å². The van der Waals surface area contributed by atoms with Gasteiger partial charge in [-0.15, -0.1) is 0 Å². The normalized spacial score (nSPS) is 11.6. The van der Waals surface area contributed by atoms with Crippen LogP contribution in [-0.2, 0) is 4.79 Å². The number of rotatable bonds is 4. The first-order valence-electron chi connectivity index (χ1n) is 6.74. The molecule has 21 heavy (non-hydrogen) atoms. The number of carboxylic acid groups (broad SMARTS) is 1. The molecule has 0 fully saturated rings. The molecule has 0 aliphatic carbocycles. The summed E-state index contributed by atoms with van der Waals surface area (Å²) in [4.78, 5) is 23.3. The van der Waals surface area contributed by atoms with Crippen molar-refractivity contribution in [1.29, 1.82) is 0 Å². The lowest BCUT2D eigenvalue weighted by Gasteiger charge is -2.19. The predicted molar refractivity (Wildman–Crippen MR) is 79.4 cm³/mol. The number of fused-ring (bicyclic) bond motifs is 1. The highest BCUT2D eigenvalue weighted by molar-refractivity contribution is 5.99. The molecular formula is C16H19NO4. The third-order valence-electron chi connectivity index (χ3n) is 3.64. The van der Waals surface area contributed by atoms with E-state index in [1.807, 2.05) is 32.0 Å². The smallest absolute Gasteiger partial charge is 0.310 e. The van der Waals surface area contributed by atoms with Gasteiger partial charge in [-0.25, -0.2) is 0 Å². The first-order valence-corrected chi connectivity index (χ1v) is 6.74. The summed E-state index contributed by atoms with van der Waals surface area (Å²) in [5, 5.41) is 12.6. The second-order valence-electron chi connectivity index (χ2n) is 5.88. The molecule has 0 bridgehead atoms. The molecule has 1 amide bonds. The van der Waals surface area contributed by atoms with Crippen LogP contribution in [0, 0.1) is 19.3 Å². The van der Waals surface area contributed by atoms with Gasteiger partial charge in [0, 0.05) is 17.5 Å². The Morgan fingerprint density at radius 3 is 2.52 bits per heavy atom. The number of amides is 1. The van der Waals surface area contributed by atoms with Crippen molar-refractivity contribution < 1.29 is 19.1 Å². The summed E-state index contributed by atoms with van der Waals surface area (Å²) in [6, 6.07) is 5.73. The number of carboxylic acids is 1. The van der Waals surface area contributed by atoms with Crippen molar-refractivity contribution in [2.75, 3.05) is 6.54 Å². The predicted octanol–water partition coefficient (Wildman–Crippen LogP) is 2.89. The lowest BCUT2D eigenvalue weighted by Crippen LogP contribution is -2.38. The largest absolute Gasteiger partial charge is 0.481 e. The van der Waals surface area contributed by atoms with E-state index >= 15 is 0 Å². The van der Waals surface area contributed by atoms with Gasteiger partial charge in [0.05, 0.1) is 5.41 Å². The summed E-state index contributed by atoms with van der Waals surface area (Å²) in [6.45, 7) is 6.90. The molecule has 0 spiro atoms. The van der Waals surface area contributed by atoms with Crippen molar-refractivity contribution >= 4 is 22.8 Å². The molecular weight excluding hydrogens is 270 g/mol. The third kappa shape index (κ3) is 2.77. The highest BCUT2D eigenvalue weighted by Crippen LogP contribution is 2.27. The zero-order valence-corrected chi connectivity index (χ0v) is 12.6. The number of aryl methyl sites for hydroxylation is 2. The quantitative estimate of drug-likeness (QED) is 0.907. The van der Waals surface area contributed by atoms with E-state index in [0.29, 0.717) is 5.58 Å². The minimum Gasteiger partial charge on any atom is -0.481 e. The van der Waals surface area contributed by atoms with E-state index < -0.39 is 17.3 Å². The van der Waals surface area contributed by atoms with Crippen LogP contribution in [0.3, 0.4) is 0 Å². The van der Waals surface area contributed by atoms with Crippen LogP contribution in [0.15, 0.2) is 22.6 Å².